The smallest absolute Gasteiger partial charge is 0.164 e. The maximum absolute atomic E-state index is 6.25. The maximum atomic E-state index is 6.25. The van der Waals surface area contributed by atoms with Crippen molar-refractivity contribution in [3.8, 4) is 51.0 Å². The maximum Gasteiger partial charge on any atom is 0.164 e. The molecule has 0 spiro atoms. The molecule has 0 radical (unpaired) electrons. The van der Waals surface area contributed by atoms with Gasteiger partial charge in [-0.2, -0.15) is 0 Å². The molecule has 9 aromatic carbocycles. The van der Waals surface area contributed by atoms with Crippen LogP contribution in [0.5, 0.6) is 0 Å². The molecule has 12 rings (SSSR count). The van der Waals surface area contributed by atoms with Crippen LogP contribution in [0.3, 0.4) is 0 Å². The average molecular weight is 741 g/mol. The van der Waals surface area contributed by atoms with E-state index in [4.69, 9.17) is 19.4 Å². The summed E-state index contributed by atoms with van der Waals surface area (Å²) >= 11 is 0. The number of furan rings is 1. The van der Waals surface area contributed by atoms with E-state index in [0.29, 0.717) is 17.5 Å². The van der Waals surface area contributed by atoms with Crippen LogP contribution in [0.2, 0.25) is 0 Å². The van der Waals surface area contributed by atoms with Crippen molar-refractivity contribution in [1.82, 2.24) is 19.5 Å². The second-order valence-electron chi connectivity index (χ2n) is 14.7. The third-order valence-electron chi connectivity index (χ3n) is 11.5. The fourth-order valence-electron chi connectivity index (χ4n) is 8.82. The molecule has 58 heavy (non-hydrogen) atoms. The first-order chi connectivity index (χ1) is 28.8. The van der Waals surface area contributed by atoms with E-state index in [9.17, 15) is 0 Å². The van der Waals surface area contributed by atoms with Gasteiger partial charge in [-0.3, -0.25) is 0 Å². The Morgan fingerprint density at radius 2 is 0.845 bits per heavy atom. The Morgan fingerprint density at radius 1 is 0.328 bits per heavy atom. The Bertz CT molecular complexity index is 3470. The minimum atomic E-state index is 0.599. The molecule has 0 bridgehead atoms. The predicted molar refractivity (Wildman–Crippen MR) is 238 cm³/mol. The molecule has 0 saturated carbocycles. The van der Waals surface area contributed by atoms with Gasteiger partial charge in [-0.05, 0) is 57.4 Å². The molecule has 12 aromatic rings. The summed E-state index contributed by atoms with van der Waals surface area (Å²) in [6.07, 6.45) is 0. The third kappa shape index (κ3) is 5.00. The highest BCUT2D eigenvalue weighted by Gasteiger charge is 2.21. The van der Waals surface area contributed by atoms with Crippen LogP contribution in [0.15, 0.2) is 199 Å². The first-order valence-corrected chi connectivity index (χ1v) is 19.5. The summed E-state index contributed by atoms with van der Waals surface area (Å²) < 4.78 is 8.69. The van der Waals surface area contributed by atoms with Crippen molar-refractivity contribution in [3.63, 3.8) is 0 Å². The van der Waals surface area contributed by atoms with Gasteiger partial charge in [0.05, 0.1) is 16.7 Å². The lowest BCUT2D eigenvalue weighted by Crippen LogP contribution is -2.00. The minimum absolute atomic E-state index is 0.599. The van der Waals surface area contributed by atoms with Gasteiger partial charge >= 0.3 is 0 Å². The number of hydrogen-bond acceptors (Lipinski definition) is 4. The minimum Gasteiger partial charge on any atom is -0.456 e. The second-order valence-corrected chi connectivity index (χ2v) is 14.7. The normalized spacial score (nSPS) is 11.8. The Labute approximate surface area is 333 Å². The molecule has 0 unspecified atom stereocenters. The molecular formula is C53H32N4O. The first kappa shape index (κ1) is 32.4. The topological polar surface area (TPSA) is 56.7 Å². The van der Waals surface area contributed by atoms with Gasteiger partial charge in [0.15, 0.2) is 17.5 Å². The van der Waals surface area contributed by atoms with Crippen LogP contribution in [0, 0.1) is 0 Å². The lowest BCUT2D eigenvalue weighted by Gasteiger charge is -2.15. The summed E-state index contributed by atoms with van der Waals surface area (Å²) in [5.41, 5.74) is 10.1. The van der Waals surface area contributed by atoms with Crippen LogP contribution in [-0.4, -0.2) is 19.5 Å². The summed E-state index contributed by atoms with van der Waals surface area (Å²) in [7, 11) is 0. The van der Waals surface area contributed by atoms with E-state index in [1.54, 1.807) is 0 Å². The highest BCUT2D eigenvalue weighted by atomic mass is 16.3. The van der Waals surface area contributed by atoms with E-state index in [-0.39, 0.29) is 0 Å². The summed E-state index contributed by atoms with van der Waals surface area (Å²) in [5, 5.41) is 9.55. The van der Waals surface area contributed by atoms with Crippen LogP contribution in [0.25, 0.3) is 116 Å². The number of aromatic nitrogens is 4. The van der Waals surface area contributed by atoms with Crippen LogP contribution in [-0.2, 0) is 0 Å². The number of fused-ring (bicyclic) bond motifs is 10. The summed E-state index contributed by atoms with van der Waals surface area (Å²) in [6, 6.07) is 68.1. The van der Waals surface area contributed by atoms with Crippen LogP contribution >= 0.6 is 0 Å². The summed E-state index contributed by atoms with van der Waals surface area (Å²) in [5.74, 6) is 1.82. The largest absolute Gasteiger partial charge is 0.456 e. The van der Waals surface area contributed by atoms with Gasteiger partial charge in [0.25, 0.3) is 0 Å². The molecule has 0 saturated heterocycles. The Balaban J connectivity index is 1.03. The van der Waals surface area contributed by atoms with Crippen molar-refractivity contribution in [2.75, 3.05) is 0 Å². The van der Waals surface area contributed by atoms with Crippen molar-refractivity contribution in [1.29, 1.82) is 0 Å². The first-order valence-electron chi connectivity index (χ1n) is 19.5. The van der Waals surface area contributed by atoms with E-state index in [1.165, 1.54) is 43.4 Å². The lowest BCUT2D eigenvalue weighted by atomic mass is 10.00. The van der Waals surface area contributed by atoms with Crippen molar-refractivity contribution < 1.29 is 4.42 Å². The van der Waals surface area contributed by atoms with Gasteiger partial charge in [-0.25, -0.2) is 15.0 Å². The number of benzene rings is 9. The molecule has 3 aromatic heterocycles. The van der Waals surface area contributed by atoms with Gasteiger partial charge in [0.1, 0.15) is 11.2 Å². The fourth-order valence-corrected chi connectivity index (χ4v) is 8.82. The zero-order valence-corrected chi connectivity index (χ0v) is 31.2. The highest BCUT2D eigenvalue weighted by molar-refractivity contribution is 6.28. The van der Waals surface area contributed by atoms with Crippen LogP contribution in [0.4, 0.5) is 0 Å². The average Bonchev–Trinajstić information content (AvgIpc) is 3.86. The lowest BCUT2D eigenvalue weighted by molar-refractivity contribution is 0.669. The zero-order chi connectivity index (χ0) is 38.2. The Kier molecular flexibility index (Phi) is 7.16. The number of nitrogens with zero attached hydrogens (tertiary/aromatic N) is 4. The van der Waals surface area contributed by atoms with Crippen molar-refractivity contribution in [2.24, 2.45) is 0 Å². The molecule has 0 fully saturated rings. The molecule has 3 heterocycles. The monoisotopic (exact) mass is 740 g/mol. The highest BCUT2D eigenvalue weighted by Crippen LogP contribution is 2.43. The van der Waals surface area contributed by atoms with Gasteiger partial charge in [-0.15, -0.1) is 0 Å². The SMILES string of the molecule is c1ccc(-c2nc(-c3ccc(-c4ccccc4-n4c5ccc6ccccc6c5c5c6ccccc6ccc54)cc3)nc(-c3cccc4oc5ccccc5c34)n2)cc1. The molecule has 0 amide bonds. The standard InChI is InChI=1S/C53H32N4O/c1-2-15-36(16-3-1)51-54-52(56-53(55-51)42-21-12-24-47-48(42)41-20-9-11-23-46(41)58-47)37-27-25-35(26-28-37)38-17-8-10-22-43(38)57-44-31-29-33-13-4-6-18-39(33)49(44)50-40-19-7-5-14-34(40)30-32-45(50)57/h1-32H. The van der Waals surface area contributed by atoms with Gasteiger partial charge in [0, 0.05) is 43.8 Å². The van der Waals surface area contributed by atoms with Crippen molar-refractivity contribution >= 4 is 65.3 Å². The van der Waals surface area contributed by atoms with Crippen LogP contribution < -0.4 is 0 Å². The van der Waals surface area contributed by atoms with E-state index in [1.807, 2.05) is 60.7 Å². The molecule has 5 heteroatoms. The zero-order valence-electron chi connectivity index (χ0n) is 31.2. The number of hydrogen-bond donors (Lipinski definition) is 0. The molecule has 270 valence electrons. The van der Waals surface area contributed by atoms with E-state index < -0.39 is 0 Å². The van der Waals surface area contributed by atoms with Gasteiger partial charge in [-0.1, -0.05) is 164 Å². The Hall–Kier alpha value is -7.89. The molecule has 0 aliphatic carbocycles. The molecule has 0 N–H and O–H groups in total. The third-order valence-corrected chi connectivity index (χ3v) is 11.5. The fraction of sp³-hybridized carbons (Fsp3) is 0. The quantitative estimate of drug-likeness (QED) is 0.176. The van der Waals surface area contributed by atoms with E-state index >= 15 is 0 Å². The predicted octanol–water partition coefficient (Wildman–Crippen LogP) is 13.8. The number of rotatable bonds is 5. The summed E-state index contributed by atoms with van der Waals surface area (Å²) in [6.45, 7) is 0. The Morgan fingerprint density at radius 3 is 1.55 bits per heavy atom. The molecule has 5 nitrogen and oxygen atoms in total. The number of para-hydroxylation sites is 2. The van der Waals surface area contributed by atoms with Crippen molar-refractivity contribution in [2.45, 2.75) is 0 Å². The molecule has 0 aliphatic heterocycles. The van der Waals surface area contributed by atoms with Crippen LogP contribution in [0.1, 0.15) is 0 Å². The second kappa shape index (κ2) is 12.8. The van der Waals surface area contributed by atoms with Crippen molar-refractivity contribution in [3.05, 3.63) is 194 Å². The van der Waals surface area contributed by atoms with E-state index in [0.717, 1.165) is 55.4 Å². The summed E-state index contributed by atoms with van der Waals surface area (Å²) in [4.78, 5) is 15.3. The van der Waals surface area contributed by atoms with Gasteiger partial charge < -0.3 is 8.98 Å². The van der Waals surface area contributed by atoms with Gasteiger partial charge in [0.2, 0.25) is 0 Å². The molecule has 0 atom stereocenters. The van der Waals surface area contributed by atoms with E-state index in [2.05, 4.69) is 138 Å². The molecule has 0 aliphatic rings. The molecular weight excluding hydrogens is 709 g/mol.